The summed E-state index contributed by atoms with van der Waals surface area (Å²) in [4.78, 5) is 8.67. The number of nitrogens with one attached hydrogen (secondary N) is 1. The number of rotatable bonds is 1. The Bertz CT molecular complexity index is 577. The predicted octanol–water partition coefficient (Wildman–Crippen LogP) is 2.50. The highest BCUT2D eigenvalue weighted by Gasteiger charge is 2.33. The SMILES string of the molecule is c1cc(-c2nc3n(n2)C2CCCCC2CN3)ccn1. The molecule has 19 heavy (non-hydrogen) atoms. The van der Waals surface area contributed by atoms with E-state index in [9.17, 15) is 0 Å². The number of aromatic nitrogens is 4. The minimum Gasteiger partial charge on any atom is -0.354 e. The molecule has 0 saturated heterocycles. The molecule has 2 atom stereocenters. The van der Waals surface area contributed by atoms with E-state index in [0.717, 1.165) is 23.9 Å². The maximum absolute atomic E-state index is 4.72. The number of nitrogens with zero attached hydrogens (tertiary/aromatic N) is 4. The van der Waals surface area contributed by atoms with Crippen LogP contribution in [0, 0.1) is 5.92 Å². The Morgan fingerprint density at radius 1 is 1.16 bits per heavy atom. The first kappa shape index (κ1) is 11.0. The predicted molar refractivity (Wildman–Crippen MR) is 72.7 cm³/mol. The maximum Gasteiger partial charge on any atom is 0.221 e. The van der Waals surface area contributed by atoms with Crippen LogP contribution in [-0.2, 0) is 0 Å². The van der Waals surface area contributed by atoms with Crippen LogP contribution in [0.15, 0.2) is 24.5 Å². The highest BCUT2D eigenvalue weighted by molar-refractivity contribution is 5.55. The van der Waals surface area contributed by atoms with Crippen molar-refractivity contribution in [2.45, 2.75) is 31.7 Å². The van der Waals surface area contributed by atoms with E-state index in [4.69, 9.17) is 5.10 Å². The van der Waals surface area contributed by atoms with E-state index in [1.165, 1.54) is 25.7 Å². The summed E-state index contributed by atoms with van der Waals surface area (Å²) in [5, 5.41) is 8.15. The molecule has 2 aliphatic rings. The van der Waals surface area contributed by atoms with Gasteiger partial charge in [0.25, 0.3) is 0 Å². The Hall–Kier alpha value is -1.91. The molecule has 1 fully saturated rings. The monoisotopic (exact) mass is 255 g/mol. The van der Waals surface area contributed by atoms with Crippen LogP contribution < -0.4 is 5.32 Å². The average molecular weight is 255 g/mol. The fourth-order valence-corrected chi connectivity index (χ4v) is 3.27. The minimum atomic E-state index is 0.535. The molecule has 2 aromatic heterocycles. The van der Waals surface area contributed by atoms with Crippen molar-refractivity contribution in [3.05, 3.63) is 24.5 Å². The number of hydrogen-bond acceptors (Lipinski definition) is 4. The molecule has 3 heterocycles. The number of pyridine rings is 1. The van der Waals surface area contributed by atoms with Crippen LogP contribution in [0.5, 0.6) is 0 Å². The van der Waals surface area contributed by atoms with Gasteiger partial charge in [-0.05, 0) is 30.9 Å². The lowest BCUT2D eigenvalue weighted by molar-refractivity contribution is 0.222. The van der Waals surface area contributed by atoms with Crippen molar-refractivity contribution in [3.8, 4) is 11.4 Å². The van der Waals surface area contributed by atoms with E-state index in [1.54, 1.807) is 12.4 Å². The molecular formula is C14H17N5. The van der Waals surface area contributed by atoms with Crippen LogP contribution in [0.2, 0.25) is 0 Å². The van der Waals surface area contributed by atoms with Gasteiger partial charge in [-0.1, -0.05) is 12.8 Å². The summed E-state index contributed by atoms with van der Waals surface area (Å²) in [7, 11) is 0. The summed E-state index contributed by atoms with van der Waals surface area (Å²) in [5.41, 5.74) is 1.03. The number of anilines is 1. The molecule has 2 aromatic rings. The molecule has 1 aliphatic heterocycles. The van der Waals surface area contributed by atoms with Gasteiger partial charge in [0.05, 0.1) is 6.04 Å². The largest absolute Gasteiger partial charge is 0.354 e. The second kappa shape index (κ2) is 4.33. The van der Waals surface area contributed by atoms with Crippen molar-refractivity contribution < 1.29 is 0 Å². The highest BCUT2D eigenvalue weighted by atomic mass is 15.4. The third-order valence-corrected chi connectivity index (χ3v) is 4.28. The van der Waals surface area contributed by atoms with Gasteiger partial charge >= 0.3 is 0 Å². The first-order valence-corrected chi connectivity index (χ1v) is 7.02. The number of hydrogen-bond donors (Lipinski definition) is 1. The lowest BCUT2D eigenvalue weighted by Gasteiger charge is -2.36. The van der Waals surface area contributed by atoms with Crippen LogP contribution in [0.25, 0.3) is 11.4 Å². The van der Waals surface area contributed by atoms with E-state index >= 15 is 0 Å². The van der Waals surface area contributed by atoms with Crippen LogP contribution in [-0.4, -0.2) is 26.3 Å². The molecule has 0 amide bonds. The molecule has 0 spiro atoms. The van der Waals surface area contributed by atoms with Crippen molar-refractivity contribution in [3.63, 3.8) is 0 Å². The highest BCUT2D eigenvalue weighted by Crippen LogP contribution is 2.38. The Morgan fingerprint density at radius 3 is 2.89 bits per heavy atom. The van der Waals surface area contributed by atoms with Crippen molar-refractivity contribution in [1.82, 2.24) is 19.7 Å². The van der Waals surface area contributed by atoms with Gasteiger partial charge < -0.3 is 5.32 Å². The molecule has 4 rings (SSSR count). The normalized spacial score (nSPS) is 25.3. The lowest BCUT2D eigenvalue weighted by atomic mass is 9.84. The first-order valence-electron chi connectivity index (χ1n) is 7.02. The molecule has 98 valence electrons. The van der Waals surface area contributed by atoms with Gasteiger partial charge in [0.1, 0.15) is 0 Å². The standard InChI is InChI=1S/C14H17N5/c1-2-4-12-11(3-1)9-16-14-17-13(18-19(12)14)10-5-7-15-8-6-10/h5-8,11-12H,1-4,9H2,(H,16,17,18). The van der Waals surface area contributed by atoms with E-state index in [0.29, 0.717) is 12.0 Å². The van der Waals surface area contributed by atoms with Crippen molar-refractivity contribution in [2.24, 2.45) is 5.92 Å². The number of fused-ring (bicyclic) bond motifs is 3. The molecule has 1 N–H and O–H groups in total. The van der Waals surface area contributed by atoms with Crippen molar-refractivity contribution >= 4 is 5.95 Å². The van der Waals surface area contributed by atoms with E-state index in [1.807, 2.05) is 12.1 Å². The molecule has 0 aromatic carbocycles. The Morgan fingerprint density at radius 2 is 2.00 bits per heavy atom. The minimum absolute atomic E-state index is 0.535. The third-order valence-electron chi connectivity index (χ3n) is 4.28. The molecule has 1 aliphatic carbocycles. The maximum atomic E-state index is 4.72. The summed E-state index contributed by atoms with van der Waals surface area (Å²) in [6.07, 6.45) is 8.77. The van der Waals surface area contributed by atoms with Gasteiger partial charge in [-0.25, -0.2) is 4.68 Å². The molecule has 1 saturated carbocycles. The Labute approximate surface area is 112 Å². The Kier molecular flexibility index (Phi) is 2.50. The van der Waals surface area contributed by atoms with Gasteiger partial charge in [0.15, 0.2) is 5.82 Å². The van der Waals surface area contributed by atoms with Gasteiger partial charge in [-0.3, -0.25) is 4.98 Å². The van der Waals surface area contributed by atoms with Crippen LogP contribution >= 0.6 is 0 Å². The zero-order chi connectivity index (χ0) is 12.7. The van der Waals surface area contributed by atoms with Gasteiger partial charge in [-0.15, -0.1) is 5.10 Å². The zero-order valence-electron chi connectivity index (χ0n) is 10.8. The third kappa shape index (κ3) is 1.80. The fraction of sp³-hybridized carbons (Fsp3) is 0.500. The molecule has 0 radical (unpaired) electrons. The zero-order valence-corrected chi connectivity index (χ0v) is 10.8. The topological polar surface area (TPSA) is 55.6 Å². The van der Waals surface area contributed by atoms with E-state index in [-0.39, 0.29) is 0 Å². The molecule has 5 heteroatoms. The second-order valence-corrected chi connectivity index (χ2v) is 5.43. The van der Waals surface area contributed by atoms with Crippen molar-refractivity contribution in [2.75, 3.05) is 11.9 Å². The molecular weight excluding hydrogens is 238 g/mol. The second-order valence-electron chi connectivity index (χ2n) is 5.43. The summed E-state index contributed by atoms with van der Waals surface area (Å²) in [6.45, 7) is 1.04. The van der Waals surface area contributed by atoms with Crippen molar-refractivity contribution in [1.29, 1.82) is 0 Å². The van der Waals surface area contributed by atoms with Gasteiger partial charge in [-0.2, -0.15) is 4.98 Å². The summed E-state index contributed by atoms with van der Waals surface area (Å²) >= 11 is 0. The summed E-state index contributed by atoms with van der Waals surface area (Å²) in [6, 6.07) is 4.45. The summed E-state index contributed by atoms with van der Waals surface area (Å²) in [5.74, 6) is 2.44. The van der Waals surface area contributed by atoms with Crippen LogP contribution in [0.1, 0.15) is 31.7 Å². The Balaban J connectivity index is 1.73. The smallest absolute Gasteiger partial charge is 0.221 e. The van der Waals surface area contributed by atoms with E-state index < -0.39 is 0 Å². The lowest BCUT2D eigenvalue weighted by Crippen LogP contribution is -2.35. The van der Waals surface area contributed by atoms with Crippen LogP contribution in [0.4, 0.5) is 5.95 Å². The van der Waals surface area contributed by atoms with Crippen LogP contribution in [0.3, 0.4) is 0 Å². The molecule has 0 bridgehead atoms. The average Bonchev–Trinajstić information content (AvgIpc) is 2.93. The molecule has 2 unspecified atom stereocenters. The quantitative estimate of drug-likeness (QED) is 0.850. The van der Waals surface area contributed by atoms with E-state index in [2.05, 4.69) is 20.0 Å². The van der Waals surface area contributed by atoms with Gasteiger partial charge in [0.2, 0.25) is 5.95 Å². The summed E-state index contributed by atoms with van der Waals surface area (Å²) < 4.78 is 2.11. The van der Waals surface area contributed by atoms with Gasteiger partial charge in [0, 0.05) is 24.5 Å². The molecule has 5 nitrogen and oxygen atoms in total. The fourth-order valence-electron chi connectivity index (χ4n) is 3.27. The first-order chi connectivity index (χ1) is 9.42.